The molecule has 0 bridgehead atoms. The molecule has 0 saturated heterocycles. The second-order valence-corrected chi connectivity index (χ2v) is 5.24. The fourth-order valence-corrected chi connectivity index (χ4v) is 2.14. The van der Waals surface area contributed by atoms with Crippen LogP contribution in [0.4, 0.5) is 15.9 Å². The van der Waals surface area contributed by atoms with Crippen LogP contribution in [0.3, 0.4) is 0 Å². The number of hydrogen-bond donors (Lipinski definition) is 1. The van der Waals surface area contributed by atoms with Crippen molar-refractivity contribution in [1.82, 2.24) is 4.98 Å². The van der Waals surface area contributed by atoms with Gasteiger partial charge in [-0.25, -0.2) is 9.37 Å². The van der Waals surface area contributed by atoms with Crippen molar-refractivity contribution in [3.05, 3.63) is 54.0 Å². The van der Waals surface area contributed by atoms with Gasteiger partial charge in [0.1, 0.15) is 11.6 Å². The number of likely N-dealkylation sites (N-methyl/N-ethyl adjacent to an activating group) is 1. The van der Waals surface area contributed by atoms with Crippen LogP contribution in [0.15, 0.2) is 42.6 Å². The van der Waals surface area contributed by atoms with Crippen LogP contribution >= 0.6 is 0 Å². The first kappa shape index (κ1) is 16.2. The number of anilines is 2. The number of ether oxygens (including phenoxy) is 1. The summed E-state index contributed by atoms with van der Waals surface area (Å²) in [6, 6.07) is 10.5. The first-order chi connectivity index (χ1) is 10.6. The molecule has 0 saturated carbocycles. The lowest BCUT2D eigenvalue weighted by atomic mass is 10.1. The molecule has 1 heterocycles. The van der Waals surface area contributed by atoms with Crippen molar-refractivity contribution < 1.29 is 9.13 Å². The number of rotatable bonds is 7. The summed E-state index contributed by atoms with van der Waals surface area (Å²) in [5.41, 5.74) is 1.92. The summed E-state index contributed by atoms with van der Waals surface area (Å²) >= 11 is 0. The van der Waals surface area contributed by atoms with Crippen LogP contribution in [-0.2, 0) is 4.74 Å². The molecule has 5 heteroatoms. The number of nitrogens with zero attached hydrogens (tertiary/aromatic N) is 2. The monoisotopic (exact) mass is 303 g/mol. The van der Waals surface area contributed by atoms with Gasteiger partial charge in [0.15, 0.2) is 0 Å². The van der Waals surface area contributed by atoms with Gasteiger partial charge in [0.05, 0.1) is 24.5 Å². The minimum absolute atomic E-state index is 0.0136. The molecule has 22 heavy (non-hydrogen) atoms. The molecule has 118 valence electrons. The highest BCUT2D eigenvalue weighted by Crippen LogP contribution is 2.20. The Balaban J connectivity index is 1.99. The number of pyridine rings is 1. The highest BCUT2D eigenvalue weighted by atomic mass is 19.1. The Hall–Kier alpha value is -2.14. The Morgan fingerprint density at radius 1 is 1.32 bits per heavy atom. The number of nitrogens with one attached hydrogen (secondary N) is 1. The number of benzene rings is 1. The van der Waals surface area contributed by atoms with E-state index in [1.165, 1.54) is 12.1 Å². The van der Waals surface area contributed by atoms with E-state index < -0.39 is 0 Å². The highest BCUT2D eigenvalue weighted by molar-refractivity contribution is 5.49. The number of hydrogen-bond acceptors (Lipinski definition) is 4. The van der Waals surface area contributed by atoms with Gasteiger partial charge in [0.2, 0.25) is 0 Å². The largest absolute Gasteiger partial charge is 0.383 e. The minimum Gasteiger partial charge on any atom is -0.383 e. The van der Waals surface area contributed by atoms with Gasteiger partial charge in [-0.1, -0.05) is 12.1 Å². The predicted octanol–water partition coefficient (Wildman–Crippen LogP) is 3.48. The van der Waals surface area contributed by atoms with E-state index in [9.17, 15) is 4.39 Å². The summed E-state index contributed by atoms with van der Waals surface area (Å²) in [5.74, 6) is 0.537. The Kier molecular flexibility index (Phi) is 5.72. The number of halogens is 1. The fourth-order valence-electron chi connectivity index (χ4n) is 2.14. The van der Waals surface area contributed by atoms with Crippen LogP contribution < -0.4 is 10.2 Å². The van der Waals surface area contributed by atoms with Gasteiger partial charge < -0.3 is 15.0 Å². The molecule has 0 amide bonds. The molecule has 0 unspecified atom stereocenters. The van der Waals surface area contributed by atoms with E-state index >= 15 is 0 Å². The van der Waals surface area contributed by atoms with E-state index in [1.807, 2.05) is 38.4 Å². The third-order valence-electron chi connectivity index (χ3n) is 3.53. The Morgan fingerprint density at radius 3 is 2.77 bits per heavy atom. The zero-order valence-electron chi connectivity index (χ0n) is 13.2. The topological polar surface area (TPSA) is 37.4 Å². The summed E-state index contributed by atoms with van der Waals surface area (Å²) in [4.78, 5) is 6.49. The summed E-state index contributed by atoms with van der Waals surface area (Å²) < 4.78 is 18.3. The molecule has 0 radical (unpaired) electrons. The van der Waals surface area contributed by atoms with Crippen LogP contribution in [0, 0.1) is 5.82 Å². The average molecular weight is 303 g/mol. The summed E-state index contributed by atoms with van der Waals surface area (Å²) in [6.07, 6.45) is 1.82. The molecule has 4 nitrogen and oxygen atoms in total. The van der Waals surface area contributed by atoms with Crippen LogP contribution in [0.5, 0.6) is 0 Å². The van der Waals surface area contributed by atoms with Gasteiger partial charge in [-0.3, -0.25) is 0 Å². The van der Waals surface area contributed by atoms with Crippen molar-refractivity contribution in [2.45, 2.75) is 13.0 Å². The second-order valence-electron chi connectivity index (χ2n) is 5.24. The van der Waals surface area contributed by atoms with E-state index in [0.29, 0.717) is 6.61 Å². The molecular weight excluding hydrogens is 281 g/mol. The summed E-state index contributed by atoms with van der Waals surface area (Å²) in [7, 11) is 3.69. The van der Waals surface area contributed by atoms with Crippen molar-refractivity contribution in [1.29, 1.82) is 0 Å². The van der Waals surface area contributed by atoms with Crippen molar-refractivity contribution in [3.8, 4) is 0 Å². The molecule has 0 fully saturated rings. The second kappa shape index (κ2) is 7.75. The molecular formula is C17H22FN3O. The van der Waals surface area contributed by atoms with Gasteiger partial charge in [0, 0.05) is 20.7 Å². The zero-order valence-corrected chi connectivity index (χ0v) is 13.2. The molecule has 0 aliphatic rings. The van der Waals surface area contributed by atoms with E-state index in [-0.39, 0.29) is 11.9 Å². The smallest absolute Gasteiger partial charge is 0.126 e. The Bertz CT molecular complexity index is 589. The van der Waals surface area contributed by atoms with Gasteiger partial charge in [-0.05, 0) is 36.8 Å². The number of methoxy groups -OCH3 is 1. The first-order valence-corrected chi connectivity index (χ1v) is 7.28. The lowest BCUT2D eigenvalue weighted by Gasteiger charge is -2.19. The number of aromatic nitrogens is 1. The van der Waals surface area contributed by atoms with Crippen LogP contribution in [0.25, 0.3) is 0 Å². The quantitative estimate of drug-likeness (QED) is 0.850. The summed E-state index contributed by atoms with van der Waals surface area (Å²) in [5, 5.41) is 3.27. The predicted molar refractivity (Wildman–Crippen MR) is 87.8 cm³/mol. The van der Waals surface area contributed by atoms with Crippen molar-refractivity contribution in [2.75, 3.05) is 37.5 Å². The highest BCUT2D eigenvalue weighted by Gasteiger charge is 2.07. The first-order valence-electron chi connectivity index (χ1n) is 7.28. The van der Waals surface area contributed by atoms with E-state index in [4.69, 9.17) is 4.74 Å². The molecule has 1 aromatic carbocycles. The van der Waals surface area contributed by atoms with Crippen LogP contribution in [0.1, 0.15) is 18.5 Å². The van der Waals surface area contributed by atoms with Crippen molar-refractivity contribution >= 4 is 11.5 Å². The molecule has 0 aliphatic heterocycles. The van der Waals surface area contributed by atoms with E-state index in [2.05, 4.69) is 15.2 Å². The van der Waals surface area contributed by atoms with E-state index in [0.717, 1.165) is 23.6 Å². The molecule has 0 spiro atoms. The lowest BCUT2D eigenvalue weighted by molar-refractivity contribution is 0.206. The normalized spacial score (nSPS) is 12.0. The van der Waals surface area contributed by atoms with Crippen LogP contribution in [-0.4, -0.2) is 32.3 Å². The third-order valence-corrected chi connectivity index (χ3v) is 3.53. The van der Waals surface area contributed by atoms with Gasteiger partial charge >= 0.3 is 0 Å². The molecule has 1 aromatic heterocycles. The fraction of sp³-hybridized carbons (Fsp3) is 0.353. The van der Waals surface area contributed by atoms with Crippen LogP contribution in [0.2, 0.25) is 0 Å². The minimum atomic E-state index is -0.228. The lowest BCUT2D eigenvalue weighted by Crippen LogP contribution is -2.22. The SMILES string of the molecule is COCCN(C)c1ccc(N[C@@H](C)c2cccc(F)c2)nc1. The maximum atomic E-state index is 13.3. The maximum Gasteiger partial charge on any atom is 0.126 e. The van der Waals surface area contributed by atoms with Gasteiger partial charge in [-0.2, -0.15) is 0 Å². The Morgan fingerprint density at radius 2 is 2.14 bits per heavy atom. The van der Waals surface area contributed by atoms with Gasteiger partial charge in [-0.15, -0.1) is 0 Å². The molecule has 2 aromatic rings. The molecule has 2 rings (SSSR count). The standard InChI is InChI=1S/C17H22FN3O/c1-13(14-5-4-6-15(18)11-14)20-17-8-7-16(12-19-17)21(2)9-10-22-3/h4-8,11-13H,9-10H2,1-3H3,(H,19,20)/t13-/m0/s1. The van der Waals surface area contributed by atoms with Crippen molar-refractivity contribution in [2.24, 2.45) is 0 Å². The maximum absolute atomic E-state index is 13.3. The summed E-state index contributed by atoms with van der Waals surface area (Å²) in [6.45, 7) is 3.47. The van der Waals surface area contributed by atoms with Crippen molar-refractivity contribution in [3.63, 3.8) is 0 Å². The molecule has 1 atom stereocenters. The van der Waals surface area contributed by atoms with E-state index in [1.54, 1.807) is 13.2 Å². The Labute approximate surface area is 130 Å². The molecule has 0 aliphatic carbocycles. The molecule has 1 N–H and O–H groups in total. The van der Waals surface area contributed by atoms with Gasteiger partial charge in [0.25, 0.3) is 0 Å². The zero-order chi connectivity index (χ0) is 15.9. The average Bonchev–Trinajstić information content (AvgIpc) is 2.53. The third kappa shape index (κ3) is 4.43.